The molecule has 2 aromatic heterocycles. The first kappa shape index (κ1) is 23.9. The summed E-state index contributed by atoms with van der Waals surface area (Å²) in [6.07, 6.45) is 1.07. The van der Waals surface area contributed by atoms with Gasteiger partial charge in [-0.2, -0.15) is 5.10 Å². The van der Waals surface area contributed by atoms with E-state index in [1.54, 1.807) is 0 Å². The van der Waals surface area contributed by atoms with Gasteiger partial charge in [0, 0.05) is 32.6 Å². The second-order valence-corrected chi connectivity index (χ2v) is 9.69. The average molecular weight is 503 g/mol. The Hall–Kier alpha value is -4.52. The highest BCUT2D eigenvalue weighted by Crippen LogP contribution is 2.30. The molecule has 1 aliphatic heterocycles. The van der Waals surface area contributed by atoms with E-state index in [2.05, 4.69) is 17.0 Å². The number of benzene rings is 3. The van der Waals surface area contributed by atoms with Gasteiger partial charge in [-0.15, -0.1) is 0 Å². The lowest BCUT2D eigenvalue weighted by atomic mass is 10.1. The lowest BCUT2D eigenvalue weighted by molar-refractivity contribution is -0.130. The van der Waals surface area contributed by atoms with E-state index in [-0.39, 0.29) is 5.91 Å². The molecule has 6 rings (SSSR count). The van der Waals surface area contributed by atoms with Crippen LogP contribution in [0.25, 0.3) is 16.7 Å². The maximum atomic E-state index is 13.0. The first-order valence-corrected chi connectivity index (χ1v) is 13.1. The molecule has 0 N–H and O–H groups in total. The van der Waals surface area contributed by atoms with Crippen LogP contribution in [0.4, 0.5) is 5.82 Å². The summed E-state index contributed by atoms with van der Waals surface area (Å²) in [6, 6.07) is 30.4. The number of amides is 1. The van der Waals surface area contributed by atoms with Crippen molar-refractivity contribution in [2.24, 2.45) is 0 Å². The Labute approximate surface area is 222 Å². The third-order valence-electron chi connectivity index (χ3n) is 7.07. The van der Waals surface area contributed by atoms with E-state index in [1.807, 2.05) is 95.4 Å². The number of rotatable bonds is 6. The van der Waals surface area contributed by atoms with Crippen molar-refractivity contribution in [1.29, 1.82) is 0 Å². The van der Waals surface area contributed by atoms with Gasteiger partial charge in [0.25, 0.3) is 0 Å². The van der Waals surface area contributed by atoms with Crippen LogP contribution in [0.5, 0.6) is 0 Å². The number of nitrogens with zero attached hydrogens (tertiary/aromatic N) is 6. The van der Waals surface area contributed by atoms with E-state index in [0.717, 1.165) is 45.2 Å². The van der Waals surface area contributed by atoms with Crippen molar-refractivity contribution < 1.29 is 4.79 Å². The van der Waals surface area contributed by atoms with Gasteiger partial charge in [-0.25, -0.2) is 14.6 Å². The third-order valence-corrected chi connectivity index (χ3v) is 7.07. The molecule has 0 aliphatic carbocycles. The first-order valence-electron chi connectivity index (χ1n) is 13.1. The molecule has 38 heavy (non-hydrogen) atoms. The minimum Gasteiger partial charge on any atom is -0.352 e. The first-order chi connectivity index (χ1) is 18.7. The Balaban J connectivity index is 1.32. The van der Waals surface area contributed by atoms with Crippen molar-refractivity contribution in [3.63, 3.8) is 0 Å². The van der Waals surface area contributed by atoms with Crippen molar-refractivity contribution in [3.05, 3.63) is 114 Å². The Morgan fingerprint density at radius 3 is 2.03 bits per heavy atom. The van der Waals surface area contributed by atoms with E-state index in [4.69, 9.17) is 15.1 Å². The van der Waals surface area contributed by atoms with Crippen LogP contribution in [-0.4, -0.2) is 56.7 Å². The lowest BCUT2D eigenvalue weighted by Gasteiger charge is -2.36. The van der Waals surface area contributed by atoms with E-state index in [9.17, 15) is 4.79 Å². The largest absolute Gasteiger partial charge is 0.352 e. The number of carbonyl (C=O) groups is 1. The normalized spacial score (nSPS) is 13.7. The number of fused-ring (bicyclic) bond motifs is 1. The number of hydrogen-bond acceptors (Lipinski definition) is 5. The van der Waals surface area contributed by atoms with Gasteiger partial charge in [-0.05, 0) is 30.2 Å². The molecule has 1 aliphatic rings. The van der Waals surface area contributed by atoms with Gasteiger partial charge in [0.1, 0.15) is 11.6 Å². The van der Waals surface area contributed by atoms with Crippen molar-refractivity contribution >= 4 is 22.8 Å². The van der Waals surface area contributed by atoms with E-state index < -0.39 is 0 Å². The van der Waals surface area contributed by atoms with Gasteiger partial charge in [-0.3, -0.25) is 4.79 Å². The summed E-state index contributed by atoms with van der Waals surface area (Å²) in [4.78, 5) is 27.3. The van der Waals surface area contributed by atoms with Gasteiger partial charge in [0.2, 0.25) is 5.91 Å². The maximum Gasteiger partial charge on any atom is 0.227 e. The van der Waals surface area contributed by atoms with Gasteiger partial charge in [-0.1, -0.05) is 78.9 Å². The molecule has 0 spiro atoms. The highest BCUT2D eigenvalue weighted by Gasteiger charge is 2.26. The average Bonchev–Trinajstić information content (AvgIpc) is 3.30. The van der Waals surface area contributed by atoms with Crippen LogP contribution < -0.4 is 4.90 Å². The number of anilines is 1. The molecule has 7 heteroatoms. The van der Waals surface area contributed by atoms with Crippen molar-refractivity contribution in [3.8, 4) is 5.69 Å². The van der Waals surface area contributed by atoms with Crippen molar-refractivity contribution in [2.75, 3.05) is 31.1 Å². The zero-order valence-electron chi connectivity index (χ0n) is 21.5. The Bertz CT molecular complexity index is 1540. The second-order valence-electron chi connectivity index (χ2n) is 9.69. The van der Waals surface area contributed by atoms with Crippen LogP contribution in [0.3, 0.4) is 0 Å². The number of carbonyl (C=O) groups excluding carboxylic acids is 1. The standard InChI is InChI=1S/C31H30N6O/c1-23-29-30(36-19-17-35(18-20-36)28(38)22-25-13-7-3-8-14-25)32-27(21-24-11-5-2-6-12-24)33-31(29)37(34-23)26-15-9-4-10-16-26/h2-16H,17-22H2,1H3. The molecule has 1 fully saturated rings. The Kier molecular flexibility index (Phi) is 6.56. The van der Waals surface area contributed by atoms with Crippen molar-refractivity contribution in [1.82, 2.24) is 24.6 Å². The minimum absolute atomic E-state index is 0.168. The van der Waals surface area contributed by atoms with Gasteiger partial charge in [0.15, 0.2) is 5.65 Å². The SMILES string of the molecule is Cc1nn(-c2ccccc2)c2nc(Cc3ccccc3)nc(N3CCN(C(=O)Cc4ccccc4)CC3)c12. The number of aromatic nitrogens is 4. The van der Waals surface area contributed by atoms with Crippen molar-refractivity contribution in [2.45, 2.75) is 19.8 Å². The summed E-state index contributed by atoms with van der Waals surface area (Å²) < 4.78 is 1.92. The summed E-state index contributed by atoms with van der Waals surface area (Å²) in [5.74, 6) is 1.83. The number of aryl methyl sites for hydroxylation is 1. The summed E-state index contributed by atoms with van der Waals surface area (Å²) in [5.41, 5.74) is 4.89. The Morgan fingerprint density at radius 2 is 1.37 bits per heavy atom. The highest BCUT2D eigenvalue weighted by atomic mass is 16.2. The van der Waals surface area contributed by atoms with Crippen LogP contribution in [-0.2, 0) is 17.6 Å². The van der Waals surface area contributed by atoms with E-state index in [1.165, 1.54) is 0 Å². The molecule has 1 amide bonds. The summed E-state index contributed by atoms with van der Waals surface area (Å²) in [6.45, 7) is 4.78. The quantitative estimate of drug-likeness (QED) is 0.339. The van der Waals surface area contributed by atoms with E-state index in [0.29, 0.717) is 39.0 Å². The fourth-order valence-corrected chi connectivity index (χ4v) is 5.09. The molecule has 1 saturated heterocycles. The van der Waals surface area contributed by atoms with Crippen LogP contribution >= 0.6 is 0 Å². The van der Waals surface area contributed by atoms with E-state index >= 15 is 0 Å². The fraction of sp³-hybridized carbons (Fsp3) is 0.226. The monoisotopic (exact) mass is 502 g/mol. The van der Waals surface area contributed by atoms with Gasteiger partial charge in [0.05, 0.1) is 23.2 Å². The zero-order valence-corrected chi connectivity index (χ0v) is 21.5. The highest BCUT2D eigenvalue weighted by molar-refractivity contribution is 5.91. The molecule has 0 atom stereocenters. The maximum absolute atomic E-state index is 13.0. The number of para-hydroxylation sites is 1. The van der Waals surface area contributed by atoms with Crippen LogP contribution in [0.15, 0.2) is 91.0 Å². The molecule has 0 unspecified atom stereocenters. The third kappa shape index (κ3) is 4.87. The minimum atomic E-state index is 0.168. The predicted octanol–water partition coefficient (Wildman–Crippen LogP) is 4.61. The molecule has 0 bridgehead atoms. The predicted molar refractivity (Wildman–Crippen MR) is 150 cm³/mol. The van der Waals surface area contributed by atoms with Gasteiger partial charge >= 0.3 is 0 Å². The smallest absolute Gasteiger partial charge is 0.227 e. The number of piperazine rings is 1. The zero-order chi connectivity index (χ0) is 25.9. The Morgan fingerprint density at radius 1 is 0.763 bits per heavy atom. The molecule has 3 aromatic carbocycles. The molecule has 3 heterocycles. The number of hydrogen-bond donors (Lipinski definition) is 0. The molecule has 5 aromatic rings. The lowest BCUT2D eigenvalue weighted by Crippen LogP contribution is -2.49. The topological polar surface area (TPSA) is 67.2 Å². The summed E-state index contributed by atoms with van der Waals surface area (Å²) in [5, 5.41) is 5.84. The molecular weight excluding hydrogens is 472 g/mol. The fourth-order valence-electron chi connectivity index (χ4n) is 5.09. The molecular formula is C31H30N6O. The summed E-state index contributed by atoms with van der Waals surface area (Å²) >= 11 is 0. The molecule has 7 nitrogen and oxygen atoms in total. The van der Waals surface area contributed by atoms with Crippen LogP contribution in [0.2, 0.25) is 0 Å². The van der Waals surface area contributed by atoms with Crippen LogP contribution in [0, 0.1) is 6.92 Å². The molecule has 0 saturated carbocycles. The molecule has 0 radical (unpaired) electrons. The van der Waals surface area contributed by atoms with Crippen LogP contribution in [0.1, 0.15) is 22.6 Å². The van der Waals surface area contributed by atoms with Gasteiger partial charge < -0.3 is 9.80 Å². The summed E-state index contributed by atoms with van der Waals surface area (Å²) in [7, 11) is 0. The molecule has 190 valence electrons. The second kappa shape index (κ2) is 10.5.